The van der Waals surface area contributed by atoms with E-state index in [1.165, 1.54) is 20.2 Å². The summed E-state index contributed by atoms with van der Waals surface area (Å²) in [5, 5.41) is 8.85. The molecule has 4 atom stereocenters. The number of methoxy groups -OCH3 is 1. The lowest BCUT2D eigenvalue weighted by atomic mass is 9.89. The number of anilines is 1. The highest BCUT2D eigenvalue weighted by molar-refractivity contribution is 6.05. The number of hydrogen-bond donors (Lipinski definition) is 3. The minimum absolute atomic E-state index is 0.0977. The third-order valence-electron chi connectivity index (χ3n) is 9.05. The van der Waals surface area contributed by atoms with Crippen LogP contribution in [0.5, 0.6) is 5.75 Å². The maximum Gasteiger partial charge on any atom is 0.406 e. The van der Waals surface area contributed by atoms with Crippen LogP contribution in [0.15, 0.2) is 36.7 Å². The minimum Gasteiger partial charge on any atom is -0.495 e. The molecule has 0 bridgehead atoms. The summed E-state index contributed by atoms with van der Waals surface area (Å²) in [5.74, 6) is 5.94. The van der Waals surface area contributed by atoms with Gasteiger partial charge in [0.1, 0.15) is 17.8 Å². The number of halogens is 3. The summed E-state index contributed by atoms with van der Waals surface area (Å²) in [7, 11) is 3.03. The molecular formula is C35H43F3N6O4. The van der Waals surface area contributed by atoms with Gasteiger partial charge in [0.25, 0.3) is 11.8 Å². The van der Waals surface area contributed by atoms with Gasteiger partial charge in [-0.2, -0.15) is 13.2 Å². The lowest BCUT2D eigenvalue weighted by Gasteiger charge is -2.45. The number of imidazole rings is 1. The summed E-state index contributed by atoms with van der Waals surface area (Å²) < 4.78 is 52.6. The molecule has 1 aromatic heterocycles. The van der Waals surface area contributed by atoms with E-state index in [1.54, 1.807) is 24.3 Å². The monoisotopic (exact) mass is 668 g/mol. The molecule has 10 nitrogen and oxygen atoms in total. The number of rotatable bonds is 8. The van der Waals surface area contributed by atoms with Crippen LogP contribution in [0.1, 0.15) is 66.3 Å². The van der Waals surface area contributed by atoms with E-state index in [-0.39, 0.29) is 53.2 Å². The van der Waals surface area contributed by atoms with Crippen LogP contribution in [0.3, 0.4) is 0 Å². The zero-order chi connectivity index (χ0) is 34.6. The number of hydrogen-bond acceptors (Lipinski definition) is 7. The Morgan fingerprint density at radius 1 is 1.10 bits per heavy atom. The number of amides is 2. The number of nitrogens with zero attached hydrogens (tertiary/aromatic N) is 3. The third-order valence-corrected chi connectivity index (χ3v) is 9.05. The second kappa shape index (κ2) is 14.9. The second-order valence-corrected chi connectivity index (χ2v) is 12.8. The number of carbonyl (C=O) groups is 2. The Labute approximate surface area is 278 Å². The number of alkyl halides is 3. The Kier molecular flexibility index (Phi) is 10.9. The van der Waals surface area contributed by atoms with Crippen molar-refractivity contribution in [2.75, 3.05) is 39.1 Å². The molecule has 2 fully saturated rings. The minimum atomic E-state index is -4.47. The maximum atomic E-state index is 13.8. The molecule has 48 heavy (non-hydrogen) atoms. The van der Waals surface area contributed by atoms with Crippen LogP contribution < -0.4 is 20.7 Å². The van der Waals surface area contributed by atoms with Gasteiger partial charge in [-0.25, -0.2) is 4.98 Å². The average Bonchev–Trinajstić information content (AvgIpc) is 3.43. The van der Waals surface area contributed by atoms with Crippen molar-refractivity contribution in [2.24, 2.45) is 5.92 Å². The Morgan fingerprint density at radius 3 is 2.52 bits per heavy atom. The molecule has 13 heteroatoms. The molecule has 2 aliphatic rings. The van der Waals surface area contributed by atoms with Gasteiger partial charge < -0.3 is 30.0 Å². The van der Waals surface area contributed by atoms with Crippen molar-refractivity contribution >= 4 is 28.5 Å². The van der Waals surface area contributed by atoms with E-state index in [0.29, 0.717) is 28.6 Å². The van der Waals surface area contributed by atoms with Crippen molar-refractivity contribution in [2.45, 2.75) is 77.0 Å². The molecule has 3 unspecified atom stereocenters. The Balaban J connectivity index is 1.33. The van der Waals surface area contributed by atoms with Gasteiger partial charge in [0, 0.05) is 43.3 Å². The van der Waals surface area contributed by atoms with Crippen LogP contribution in [0.25, 0.3) is 11.0 Å². The summed E-state index contributed by atoms with van der Waals surface area (Å²) in [4.78, 5) is 32.4. The lowest BCUT2D eigenvalue weighted by Crippen LogP contribution is -2.54. The molecule has 258 valence electrons. The fourth-order valence-electron chi connectivity index (χ4n) is 6.77. The fourth-order valence-corrected chi connectivity index (χ4v) is 6.77. The summed E-state index contributed by atoms with van der Waals surface area (Å²) in [5.41, 5.74) is 1.97. The predicted molar refractivity (Wildman–Crippen MR) is 177 cm³/mol. The molecule has 0 aliphatic carbocycles. The zero-order valence-electron chi connectivity index (χ0n) is 27.9. The van der Waals surface area contributed by atoms with Crippen LogP contribution in [0.4, 0.5) is 18.9 Å². The number of nitrogens with one attached hydrogen (secondary N) is 3. The second-order valence-electron chi connectivity index (χ2n) is 12.8. The van der Waals surface area contributed by atoms with Gasteiger partial charge in [0.15, 0.2) is 0 Å². The normalized spacial score (nSPS) is 23.2. The first-order valence-electron chi connectivity index (χ1n) is 16.2. The van der Waals surface area contributed by atoms with Crippen LogP contribution >= 0.6 is 0 Å². The SMILES string of the molecule is CNC(=O)c1ccc(NCC#Cc2cc(C(=O)NC3CCN(C4CC(C)OC(C)C4)C[C@@H]3C)c3ncn(CC(F)(F)F)c3c2)c(OC)c1. The molecule has 0 radical (unpaired) electrons. The number of benzene rings is 2. The van der Waals surface area contributed by atoms with Crippen LogP contribution in [-0.4, -0.2) is 90.5 Å². The molecule has 0 saturated carbocycles. The highest BCUT2D eigenvalue weighted by atomic mass is 19.4. The molecule has 5 rings (SSSR count). The lowest BCUT2D eigenvalue weighted by molar-refractivity contribution is -0.140. The molecular weight excluding hydrogens is 625 g/mol. The number of piperidine rings is 1. The van der Waals surface area contributed by atoms with Gasteiger partial charge in [0.2, 0.25) is 0 Å². The van der Waals surface area contributed by atoms with E-state index in [4.69, 9.17) is 9.47 Å². The van der Waals surface area contributed by atoms with Crippen molar-refractivity contribution in [3.05, 3.63) is 53.3 Å². The van der Waals surface area contributed by atoms with Crippen molar-refractivity contribution in [1.29, 1.82) is 0 Å². The first-order chi connectivity index (χ1) is 22.8. The zero-order valence-corrected chi connectivity index (χ0v) is 27.9. The van der Waals surface area contributed by atoms with Crippen molar-refractivity contribution < 1.29 is 32.2 Å². The van der Waals surface area contributed by atoms with E-state index in [9.17, 15) is 22.8 Å². The van der Waals surface area contributed by atoms with E-state index < -0.39 is 18.6 Å². The van der Waals surface area contributed by atoms with Crippen molar-refractivity contribution in [3.8, 4) is 17.6 Å². The highest BCUT2D eigenvalue weighted by Gasteiger charge is 2.35. The summed E-state index contributed by atoms with van der Waals surface area (Å²) >= 11 is 0. The first-order valence-corrected chi connectivity index (χ1v) is 16.2. The smallest absolute Gasteiger partial charge is 0.406 e. The maximum absolute atomic E-state index is 13.8. The average molecular weight is 669 g/mol. The van der Waals surface area contributed by atoms with Crippen molar-refractivity contribution in [3.63, 3.8) is 0 Å². The summed E-state index contributed by atoms with van der Waals surface area (Å²) in [6.07, 6.45) is -0.223. The Morgan fingerprint density at radius 2 is 1.85 bits per heavy atom. The topological polar surface area (TPSA) is 110 Å². The Hall–Kier alpha value is -4.28. The summed E-state index contributed by atoms with van der Waals surface area (Å²) in [6.45, 7) is 6.93. The molecule has 2 aromatic carbocycles. The van der Waals surface area contributed by atoms with Crippen molar-refractivity contribution in [1.82, 2.24) is 25.1 Å². The van der Waals surface area contributed by atoms with E-state index in [1.807, 2.05) is 0 Å². The number of ether oxygens (including phenoxy) is 2. The van der Waals surface area contributed by atoms with E-state index in [0.717, 1.165) is 43.2 Å². The van der Waals surface area contributed by atoms with Crippen LogP contribution in [0, 0.1) is 17.8 Å². The third kappa shape index (κ3) is 8.41. The number of likely N-dealkylation sites (tertiary alicyclic amines) is 1. The predicted octanol–water partition coefficient (Wildman–Crippen LogP) is 4.83. The van der Waals surface area contributed by atoms with Gasteiger partial charge in [-0.15, -0.1) is 0 Å². The highest BCUT2D eigenvalue weighted by Crippen LogP contribution is 2.30. The molecule has 2 aliphatic heterocycles. The van der Waals surface area contributed by atoms with Gasteiger partial charge in [-0.05, 0) is 69.4 Å². The molecule has 2 saturated heterocycles. The number of carbonyl (C=O) groups excluding carboxylic acids is 2. The molecule has 3 N–H and O–H groups in total. The first kappa shape index (κ1) is 35.0. The van der Waals surface area contributed by atoms with Gasteiger partial charge >= 0.3 is 6.18 Å². The van der Waals surface area contributed by atoms with Gasteiger partial charge in [0.05, 0.1) is 49.0 Å². The standard InChI is InChI=1S/C35H43F3N6O4/c1-21-18-43(26-13-22(2)48-23(3)14-26)12-10-28(21)42-34(46)27-15-24(16-30-32(27)41-20-44(30)19-35(36,37)38)7-6-11-40-29-9-8-25(33(45)39-4)17-31(29)47-5/h8-9,15-17,20-23,26,28,40H,10-14,18-19H2,1-5H3,(H,39,45)(H,42,46)/t21-,22?,23?,26?,28?/m0/s1. The van der Waals surface area contributed by atoms with Crippen LogP contribution in [0.2, 0.25) is 0 Å². The number of fused-ring (bicyclic) bond motifs is 1. The molecule has 2 amide bonds. The quantitative estimate of drug-likeness (QED) is 0.295. The van der Waals surface area contributed by atoms with Crippen LogP contribution in [-0.2, 0) is 11.3 Å². The molecule has 0 spiro atoms. The summed E-state index contributed by atoms with van der Waals surface area (Å²) in [6, 6.07) is 8.39. The van der Waals surface area contributed by atoms with Gasteiger partial charge in [-0.1, -0.05) is 18.8 Å². The molecule has 3 aromatic rings. The fraction of sp³-hybridized carbons (Fsp3) is 0.514. The largest absolute Gasteiger partial charge is 0.495 e. The number of aromatic nitrogens is 2. The van der Waals surface area contributed by atoms with E-state index in [2.05, 4.69) is 58.4 Å². The Bertz CT molecular complexity index is 1690. The van der Waals surface area contributed by atoms with E-state index >= 15 is 0 Å². The van der Waals surface area contributed by atoms with Gasteiger partial charge in [-0.3, -0.25) is 14.5 Å². The molecule has 3 heterocycles.